The number of aromatic carboxylic acids is 1. The second kappa shape index (κ2) is 6.37. The Morgan fingerprint density at radius 1 is 1.50 bits per heavy atom. The number of rotatable bonds is 5. The van der Waals surface area contributed by atoms with Crippen molar-refractivity contribution in [2.24, 2.45) is 7.05 Å². The summed E-state index contributed by atoms with van der Waals surface area (Å²) in [4.78, 5) is 15.9. The van der Waals surface area contributed by atoms with E-state index in [9.17, 15) is 9.90 Å². The van der Waals surface area contributed by atoms with Crippen molar-refractivity contribution in [1.29, 1.82) is 0 Å². The molecule has 20 heavy (non-hydrogen) atoms. The molecule has 0 amide bonds. The van der Waals surface area contributed by atoms with Gasteiger partial charge in [0.25, 0.3) is 0 Å². The fraction of sp³-hybridized carbons (Fsp3) is 0.714. The van der Waals surface area contributed by atoms with E-state index in [1.807, 2.05) is 0 Å². The van der Waals surface area contributed by atoms with Crippen molar-refractivity contribution < 1.29 is 9.90 Å². The summed E-state index contributed by atoms with van der Waals surface area (Å²) in [6.07, 6.45) is 3.72. The van der Waals surface area contributed by atoms with Crippen LogP contribution in [0.2, 0.25) is 0 Å². The monoisotopic (exact) mass is 280 g/mol. The molecule has 0 atom stereocenters. The Morgan fingerprint density at radius 2 is 2.15 bits per heavy atom. The minimum absolute atomic E-state index is 0.311. The lowest BCUT2D eigenvalue weighted by Crippen LogP contribution is -2.43. The number of carboxylic acid groups (broad SMARTS) is 1. The highest BCUT2D eigenvalue weighted by Crippen LogP contribution is 2.18. The molecule has 1 fully saturated rings. The zero-order valence-electron chi connectivity index (χ0n) is 12.5. The first-order valence-corrected chi connectivity index (χ1v) is 7.19. The molecule has 1 N–H and O–H groups in total. The molecule has 2 heterocycles. The molecular formula is C14H24N4O2. The molecule has 0 spiro atoms. The Balaban J connectivity index is 2.00. The predicted octanol–water partition coefficient (Wildman–Crippen LogP) is 1.03. The predicted molar refractivity (Wildman–Crippen MR) is 76.8 cm³/mol. The van der Waals surface area contributed by atoms with Crippen LogP contribution in [-0.4, -0.2) is 63.4 Å². The van der Waals surface area contributed by atoms with Crippen LogP contribution in [0.5, 0.6) is 0 Å². The summed E-state index contributed by atoms with van der Waals surface area (Å²) in [5, 5.41) is 13.3. The molecule has 6 nitrogen and oxygen atoms in total. The van der Waals surface area contributed by atoms with Gasteiger partial charge in [0.15, 0.2) is 0 Å². The first-order chi connectivity index (χ1) is 9.52. The molecule has 1 aliphatic rings. The van der Waals surface area contributed by atoms with E-state index < -0.39 is 5.97 Å². The first-order valence-electron chi connectivity index (χ1n) is 7.19. The van der Waals surface area contributed by atoms with Gasteiger partial charge >= 0.3 is 5.97 Å². The Labute approximate surface area is 120 Å². The summed E-state index contributed by atoms with van der Waals surface area (Å²) in [6, 6.07) is 0.523. The summed E-state index contributed by atoms with van der Waals surface area (Å²) >= 11 is 0. The summed E-state index contributed by atoms with van der Waals surface area (Å²) in [5.74, 6) is -0.901. The molecule has 1 aromatic rings. The Hall–Kier alpha value is -1.40. The minimum Gasteiger partial charge on any atom is -0.478 e. The van der Waals surface area contributed by atoms with Gasteiger partial charge in [0.1, 0.15) is 5.56 Å². The van der Waals surface area contributed by atoms with Crippen LogP contribution in [0.25, 0.3) is 0 Å². The second-order valence-electron chi connectivity index (χ2n) is 5.51. The van der Waals surface area contributed by atoms with Gasteiger partial charge in [0, 0.05) is 19.6 Å². The van der Waals surface area contributed by atoms with Crippen LogP contribution in [0.15, 0.2) is 6.20 Å². The topological polar surface area (TPSA) is 61.6 Å². The second-order valence-corrected chi connectivity index (χ2v) is 5.51. The van der Waals surface area contributed by atoms with E-state index >= 15 is 0 Å². The van der Waals surface area contributed by atoms with Gasteiger partial charge in [-0.2, -0.15) is 5.10 Å². The van der Waals surface area contributed by atoms with Crippen molar-refractivity contribution >= 4 is 5.97 Å². The first kappa shape index (κ1) is 15.0. The largest absolute Gasteiger partial charge is 0.478 e. The van der Waals surface area contributed by atoms with Gasteiger partial charge in [-0.1, -0.05) is 6.92 Å². The SMILES string of the molecule is CCN1CCC(N(C)Cc2c(C(=O)O)cnn2C)CC1. The number of aryl methyl sites for hydroxylation is 1. The van der Waals surface area contributed by atoms with Gasteiger partial charge in [-0.05, 0) is 39.5 Å². The van der Waals surface area contributed by atoms with Gasteiger partial charge < -0.3 is 10.0 Å². The van der Waals surface area contributed by atoms with Crippen LogP contribution < -0.4 is 0 Å². The standard InChI is InChI=1S/C14H24N4O2/c1-4-18-7-5-11(6-8-18)16(2)10-13-12(14(19)20)9-15-17(13)3/h9,11H,4-8,10H2,1-3H3,(H,19,20). The molecule has 0 aromatic carbocycles. The van der Waals surface area contributed by atoms with Crippen LogP contribution in [0.1, 0.15) is 35.8 Å². The van der Waals surface area contributed by atoms with Crippen molar-refractivity contribution in [3.63, 3.8) is 0 Å². The normalized spacial score (nSPS) is 17.8. The van der Waals surface area contributed by atoms with Gasteiger partial charge in [-0.15, -0.1) is 0 Å². The maximum Gasteiger partial charge on any atom is 0.339 e. The highest BCUT2D eigenvalue weighted by atomic mass is 16.4. The van der Waals surface area contributed by atoms with Gasteiger partial charge in [0.05, 0.1) is 11.9 Å². The Morgan fingerprint density at radius 3 is 2.70 bits per heavy atom. The molecule has 1 aromatic heterocycles. The molecular weight excluding hydrogens is 256 g/mol. The van der Waals surface area contributed by atoms with Crippen LogP contribution in [-0.2, 0) is 13.6 Å². The Bertz CT molecular complexity index is 464. The van der Waals surface area contributed by atoms with E-state index in [0.29, 0.717) is 18.2 Å². The lowest BCUT2D eigenvalue weighted by molar-refractivity contribution is 0.0692. The maximum atomic E-state index is 11.2. The summed E-state index contributed by atoms with van der Waals surface area (Å²) in [7, 11) is 3.88. The van der Waals surface area contributed by atoms with E-state index in [1.165, 1.54) is 6.20 Å². The third kappa shape index (κ3) is 3.19. The molecule has 0 radical (unpaired) electrons. The van der Waals surface area contributed by atoms with E-state index in [2.05, 4.69) is 28.9 Å². The van der Waals surface area contributed by atoms with E-state index in [0.717, 1.165) is 38.2 Å². The molecule has 0 bridgehead atoms. The third-order valence-corrected chi connectivity index (χ3v) is 4.32. The molecule has 112 valence electrons. The van der Waals surface area contributed by atoms with E-state index in [1.54, 1.807) is 11.7 Å². The summed E-state index contributed by atoms with van der Waals surface area (Å²) in [6.45, 7) is 6.19. The number of aromatic nitrogens is 2. The van der Waals surface area contributed by atoms with Crippen molar-refractivity contribution in [1.82, 2.24) is 19.6 Å². The molecule has 6 heteroatoms. The number of carbonyl (C=O) groups is 1. The van der Waals surface area contributed by atoms with Crippen LogP contribution in [0.3, 0.4) is 0 Å². The lowest BCUT2D eigenvalue weighted by Gasteiger charge is -2.36. The van der Waals surface area contributed by atoms with Crippen molar-refractivity contribution in [3.05, 3.63) is 17.5 Å². The van der Waals surface area contributed by atoms with Crippen LogP contribution in [0, 0.1) is 0 Å². The van der Waals surface area contributed by atoms with Gasteiger partial charge in [-0.25, -0.2) is 4.79 Å². The fourth-order valence-corrected chi connectivity index (χ4v) is 2.87. The molecule has 1 saturated heterocycles. The molecule has 0 saturated carbocycles. The van der Waals surface area contributed by atoms with Gasteiger partial charge in [0.2, 0.25) is 0 Å². The van der Waals surface area contributed by atoms with Crippen LogP contribution >= 0.6 is 0 Å². The Kier molecular flexibility index (Phi) is 4.77. The number of nitrogens with zero attached hydrogens (tertiary/aromatic N) is 4. The lowest BCUT2D eigenvalue weighted by atomic mass is 10.0. The highest BCUT2D eigenvalue weighted by molar-refractivity contribution is 5.88. The smallest absolute Gasteiger partial charge is 0.339 e. The summed E-state index contributed by atoms with van der Waals surface area (Å²) < 4.78 is 1.67. The zero-order chi connectivity index (χ0) is 14.7. The average molecular weight is 280 g/mol. The van der Waals surface area contributed by atoms with E-state index in [4.69, 9.17) is 0 Å². The minimum atomic E-state index is -0.901. The number of hydrogen-bond acceptors (Lipinski definition) is 4. The quantitative estimate of drug-likeness (QED) is 0.873. The molecule has 0 unspecified atom stereocenters. The number of likely N-dealkylation sites (tertiary alicyclic amines) is 1. The van der Waals surface area contributed by atoms with Crippen molar-refractivity contribution in [3.8, 4) is 0 Å². The van der Waals surface area contributed by atoms with Crippen LogP contribution in [0.4, 0.5) is 0 Å². The van der Waals surface area contributed by atoms with Crippen molar-refractivity contribution in [2.45, 2.75) is 32.4 Å². The zero-order valence-corrected chi connectivity index (χ0v) is 12.5. The number of carboxylic acids is 1. The molecule has 0 aliphatic carbocycles. The highest BCUT2D eigenvalue weighted by Gasteiger charge is 2.24. The molecule has 1 aliphatic heterocycles. The van der Waals surface area contributed by atoms with E-state index in [-0.39, 0.29) is 0 Å². The maximum absolute atomic E-state index is 11.2. The summed E-state index contributed by atoms with van der Waals surface area (Å²) in [5.41, 5.74) is 1.09. The number of hydrogen-bond donors (Lipinski definition) is 1. The fourth-order valence-electron chi connectivity index (χ4n) is 2.87. The van der Waals surface area contributed by atoms with Gasteiger partial charge in [-0.3, -0.25) is 9.58 Å². The van der Waals surface area contributed by atoms with Crippen molar-refractivity contribution in [2.75, 3.05) is 26.7 Å². The number of piperidine rings is 1. The third-order valence-electron chi connectivity index (χ3n) is 4.32. The average Bonchev–Trinajstić information content (AvgIpc) is 2.80. The molecule has 2 rings (SSSR count).